The Balaban J connectivity index is 1.52. The van der Waals surface area contributed by atoms with Crippen molar-refractivity contribution in [3.05, 3.63) is 40.0 Å². The summed E-state index contributed by atoms with van der Waals surface area (Å²) < 4.78 is 5.79. The molecule has 0 atom stereocenters. The third-order valence-electron chi connectivity index (χ3n) is 4.65. The number of piperidine rings is 1. The standard InChI is InChI=1S/C17H18Cl2N6O/c1-17(20)3-6-25(7-4-17)12-9-22-14-10(24-12)8-23-16(14)26-11-2-5-21-15(19)13(11)18/h2,5,9H,3-4,6-8,20H2,1H3. The summed E-state index contributed by atoms with van der Waals surface area (Å²) in [5, 5.41) is 0.425. The van der Waals surface area contributed by atoms with Gasteiger partial charge in [0.1, 0.15) is 16.5 Å². The zero-order chi connectivity index (χ0) is 18.3. The minimum Gasteiger partial charge on any atom is -0.435 e. The molecule has 2 aromatic heterocycles. The Morgan fingerprint density at radius 1 is 1.23 bits per heavy atom. The lowest BCUT2D eigenvalue weighted by molar-refractivity contribution is 0.363. The first-order valence-electron chi connectivity index (χ1n) is 8.35. The first-order chi connectivity index (χ1) is 12.4. The minimum atomic E-state index is -0.101. The molecule has 2 aromatic rings. The monoisotopic (exact) mass is 392 g/mol. The van der Waals surface area contributed by atoms with Crippen LogP contribution in [0.25, 0.3) is 0 Å². The van der Waals surface area contributed by atoms with Crippen molar-refractivity contribution in [3.63, 3.8) is 0 Å². The van der Waals surface area contributed by atoms with Crippen molar-refractivity contribution in [2.45, 2.75) is 31.8 Å². The van der Waals surface area contributed by atoms with E-state index in [1.165, 1.54) is 6.20 Å². The maximum absolute atomic E-state index is 6.20. The average Bonchev–Trinajstić information content (AvgIpc) is 3.01. The largest absolute Gasteiger partial charge is 0.435 e. The van der Waals surface area contributed by atoms with E-state index in [1.807, 2.05) is 0 Å². The second kappa shape index (κ2) is 6.64. The van der Waals surface area contributed by atoms with Crippen LogP contribution >= 0.6 is 23.2 Å². The van der Waals surface area contributed by atoms with E-state index < -0.39 is 0 Å². The fourth-order valence-corrected chi connectivity index (χ4v) is 3.29. The number of fused-ring (bicyclic) bond motifs is 1. The number of hydrogen-bond donors (Lipinski definition) is 1. The molecule has 0 aliphatic carbocycles. The summed E-state index contributed by atoms with van der Waals surface area (Å²) in [6.45, 7) is 4.25. The molecule has 2 N–H and O–H groups in total. The Labute approximate surface area is 161 Å². The van der Waals surface area contributed by atoms with Crippen molar-refractivity contribution in [1.29, 1.82) is 0 Å². The quantitative estimate of drug-likeness (QED) is 0.790. The predicted molar refractivity (Wildman–Crippen MR) is 101 cm³/mol. The normalized spacial score (nSPS) is 18.5. The van der Waals surface area contributed by atoms with E-state index in [4.69, 9.17) is 38.7 Å². The van der Waals surface area contributed by atoms with Gasteiger partial charge in [0.25, 0.3) is 0 Å². The lowest BCUT2D eigenvalue weighted by atomic mass is 9.91. The van der Waals surface area contributed by atoms with E-state index in [9.17, 15) is 0 Å². The molecule has 0 radical (unpaired) electrons. The van der Waals surface area contributed by atoms with E-state index in [0.717, 1.165) is 37.4 Å². The van der Waals surface area contributed by atoms with E-state index in [2.05, 4.69) is 26.8 Å². The molecule has 0 bridgehead atoms. The van der Waals surface area contributed by atoms with Crippen molar-refractivity contribution in [2.75, 3.05) is 18.0 Å². The zero-order valence-electron chi connectivity index (χ0n) is 14.2. The maximum Gasteiger partial charge on any atom is 0.243 e. The number of aliphatic imine (C=N–C) groups is 1. The van der Waals surface area contributed by atoms with Crippen LogP contribution in [0.2, 0.25) is 10.2 Å². The van der Waals surface area contributed by atoms with Gasteiger partial charge < -0.3 is 15.4 Å². The first kappa shape index (κ1) is 17.5. The van der Waals surface area contributed by atoms with Crippen LogP contribution in [-0.4, -0.2) is 39.5 Å². The van der Waals surface area contributed by atoms with Gasteiger partial charge in [-0.2, -0.15) is 0 Å². The summed E-state index contributed by atoms with van der Waals surface area (Å²) in [4.78, 5) is 19.7. The molecule has 0 spiro atoms. The van der Waals surface area contributed by atoms with Crippen LogP contribution in [0.15, 0.2) is 23.5 Å². The fraction of sp³-hybridized carbons (Fsp3) is 0.412. The summed E-state index contributed by atoms with van der Waals surface area (Å²) in [5.41, 5.74) is 7.51. The minimum absolute atomic E-state index is 0.101. The third-order valence-corrected chi connectivity index (χ3v) is 5.40. The Morgan fingerprint density at radius 3 is 2.77 bits per heavy atom. The van der Waals surface area contributed by atoms with Gasteiger partial charge in [-0.1, -0.05) is 23.2 Å². The van der Waals surface area contributed by atoms with Gasteiger partial charge in [-0.3, -0.25) is 0 Å². The van der Waals surface area contributed by atoms with E-state index in [1.54, 1.807) is 12.3 Å². The van der Waals surface area contributed by atoms with Crippen LogP contribution < -0.4 is 15.4 Å². The molecule has 2 aliphatic heterocycles. The summed E-state index contributed by atoms with van der Waals surface area (Å²) in [5.74, 6) is 1.62. The first-order valence-corrected chi connectivity index (χ1v) is 9.11. The highest BCUT2D eigenvalue weighted by Crippen LogP contribution is 2.31. The molecule has 7 nitrogen and oxygen atoms in total. The van der Waals surface area contributed by atoms with Gasteiger partial charge in [0.15, 0.2) is 10.9 Å². The van der Waals surface area contributed by atoms with Crippen molar-refractivity contribution in [3.8, 4) is 5.75 Å². The van der Waals surface area contributed by atoms with Crippen molar-refractivity contribution < 1.29 is 4.74 Å². The molecular weight excluding hydrogens is 375 g/mol. The summed E-state index contributed by atoms with van der Waals surface area (Å²) in [6, 6.07) is 1.63. The highest BCUT2D eigenvalue weighted by molar-refractivity contribution is 6.42. The van der Waals surface area contributed by atoms with Crippen LogP contribution in [-0.2, 0) is 6.54 Å². The molecular formula is C17H18Cl2N6O. The van der Waals surface area contributed by atoms with Crippen LogP contribution in [0, 0.1) is 0 Å². The Hall–Kier alpha value is -1.96. The van der Waals surface area contributed by atoms with Gasteiger partial charge in [0, 0.05) is 30.9 Å². The molecule has 0 aromatic carbocycles. The van der Waals surface area contributed by atoms with Crippen molar-refractivity contribution in [1.82, 2.24) is 15.0 Å². The van der Waals surface area contributed by atoms with Crippen molar-refractivity contribution >= 4 is 34.9 Å². The molecule has 4 rings (SSSR count). The molecule has 0 saturated carbocycles. The Bertz CT molecular complexity index is 876. The predicted octanol–water partition coefficient (Wildman–Crippen LogP) is 2.84. The fourth-order valence-electron chi connectivity index (χ4n) is 2.99. The van der Waals surface area contributed by atoms with E-state index >= 15 is 0 Å². The number of rotatable bonds is 2. The van der Waals surface area contributed by atoms with Gasteiger partial charge in [0.05, 0.1) is 18.4 Å². The lowest BCUT2D eigenvalue weighted by Gasteiger charge is -2.37. The van der Waals surface area contributed by atoms with Crippen LogP contribution in [0.5, 0.6) is 5.75 Å². The summed E-state index contributed by atoms with van der Waals surface area (Å²) >= 11 is 12.0. The van der Waals surface area contributed by atoms with Gasteiger partial charge in [-0.15, -0.1) is 0 Å². The smallest absolute Gasteiger partial charge is 0.243 e. The van der Waals surface area contributed by atoms with E-state index in [0.29, 0.717) is 23.9 Å². The highest BCUT2D eigenvalue weighted by Gasteiger charge is 2.28. The second-order valence-corrected chi connectivity index (χ2v) is 7.54. The molecule has 4 heterocycles. The summed E-state index contributed by atoms with van der Waals surface area (Å²) in [7, 11) is 0. The molecule has 1 saturated heterocycles. The van der Waals surface area contributed by atoms with E-state index in [-0.39, 0.29) is 15.7 Å². The molecule has 26 heavy (non-hydrogen) atoms. The Kier molecular flexibility index (Phi) is 4.46. The highest BCUT2D eigenvalue weighted by atomic mass is 35.5. The van der Waals surface area contributed by atoms with Gasteiger partial charge in [0.2, 0.25) is 5.90 Å². The van der Waals surface area contributed by atoms with Crippen molar-refractivity contribution in [2.24, 2.45) is 10.7 Å². The number of aromatic nitrogens is 3. The topological polar surface area (TPSA) is 89.5 Å². The van der Waals surface area contributed by atoms with Gasteiger partial charge in [-0.25, -0.2) is 19.9 Å². The number of hydrogen-bond acceptors (Lipinski definition) is 7. The maximum atomic E-state index is 6.20. The third kappa shape index (κ3) is 3.34. The molecule has 1 fully saturated rings. The molecule has 0 unspecified atom stereocenters. The SMILES string of the molecule is CC1(N)CCN(c2cnc3c(n2)CN=C3Oc2ccnc(Cl)c2Cl)CC1. The number of nitrogens with zero attached hydrogens (tertiary/aromatic N) is 5. The molecule has 9 heteroatoms. The van der Waals surface area contributed by atoms with Crippen LogP contribution in [0.3, 0.4) is 0 Å². The molecule has 136 valence electrons. The van der Waals surface area contributed by atoms with Gasteiger partial charge in [-0.05, 0) is 19.8 Å². The molecule has 2 aliphatic rings. The number of nitrogens with two attached hydrogens (primary N) is 1. The number of halogens is 2. The average molecular weight is 393 g/mol. The number of pyridine rings is 1. The lowest BCUT2D eigenvalue weighted by Crippen LogP contribution is -2.48. The number of ether oxygens (including phenoxy) is 1. The van der Waals surface area contributed by atoms with Crippen LogP contribution in [0.1, 0.15) is 31.2 Å². The summed E-state index contributed by atoms with van der Waals surface area (Å²) in [6.07, 6.45) is 5.13. The number of anilines is 1. The van der Waals surface area contributed by atoms with Crippen LogP contribution in [0.4, 0.5) is 5.82 Å². The van der Waals surface area contributed by atoms with Gasteiger partial charge >= 0.3 is 0 Å². The molecule has 0 amide bonds. The second-order valence-electron chi connectivity index (χ2n) is 6.80. The zero-order valence-corrected chi connectivity index (χ0v) is 15.8. The Morgan fingerprint density at radius 2 is 2.00 bits per heavy atom.